The Morgan fingerprint density at radius 3 is 2.65 bits per heavy atom. The van der Waals surface area contributed by atoms with E-state index < -0.39 is 11.8 Å². The maximum absolute atomic E-state index is 12.6. The first-order valence-electron chi connectivity index (χ1n) is 7.28. The molecule has 1 aromatic heterocycles. The maximum Gasteiger partial charge on any atom is 0.195 e. The number of ketones is 1. The summed E-state index contributed by atoms with van der Waals surface area (Å²) >= 11 is 0. The predicted molar refractivity (Wildman–Crippen MR) is 86.0 cm³/mol. The lowest BCUT2D eigenvalue weighted by Gasteiger charge is -2.38. The summed E-state index contributed by atoms with van der Waals surface area (Å²) in [6.45, 7) is 0. The zero-order valence-electron chi connectivity index (χ0n) is 13.0. The van der Waals surface area contributed by atoms with Gasteiger partial charge in [-0.1, -0.05) is 36.4 Å². The van der Waals surface area contributed by atoms with E-state index in [9.17, 15) is 4.79 Å². The van der Waals surface area contributed by atoms with Crippen LogP contribution in [0.25, 0.3) is 0 Å². The number of nitrogens with zero attached hydrogens (tertiary/aromatic N) is 2. The number of methoxy groups -OCH3 is 2. The summed E-state index contributed by atoms with van der Waals surface area (Å²) in [6, 6.07) is 9.17. The van der Waals surface area contributed by atoms with Gasteiger partial charge in [0, 0.05) is 37.7 Å². The number of hydrogen-bond donors (Lipinski definition) is 0. The fourth-order valence-electron chi connectivity index (χ4n) is 2.77. The van der Waals surface area contributed by atoms with Crippen LogP contribution >= 0.6 is 0 Å². The van der Waals surface area contributed by atoms with Gasteiger partial charge in [0.15, 0.2) is 11.5 Å². The van der Waals surface area contributed by atoms with Gasteiger partial charge < -0.3 is 14.0 Å². The molecule has 0 amide bonds. The van der Waals surface area contributed by atoms with Gasteiger partial charge in [-0.3, -0.25) is 4.79 Å². The highest BCUT2D eigenvalue weighted by molar-refractivity contribution is 6.10. The van der Waals surface area contributed by atoms with Crippen LogP contribution < -0.4 is 0 Å². The summed E-state index contributed by atoms with van der Waals surface area (Å²) in [6.07, 6.45) is 10.1. The van der Waals surface area contributed by atoms with Crippen molar-refractivity contribution in [3.8, 4) is 0 Å². The van der Waals surface area contributed by atoms with E-state index in [1.54, 1.807) is 57.2 Å². The molecule has 1 aromatic carbocycles. The van der Waals surface area contributed by atoms with Crippen molar-refractivity contribution in [2.45, 2.75) is 11.8 Å². The highest BCUT2D eigenvalue weighted by Gasteiger charge is 2.40. The van der Waals surface area contributed by atoms with Crippen molar-refractivity contribution >= 4 is 5.78 Å². The summed E-state index contributed by atoms with van der Waals surface area (Å²) < 4.78 is 13.1. The van der Waals surface area contributed by atoms with Gasteiger partial charge in [-0.15, -0.1) is 0 Å². The molecule has 3 rings (SSSR count). The number of carbonyl (C=O) groups excluding carboxylic acids is 1. The summed E-state index contributed by atoms with van der Waals surface area (Å²) in [5.74, 6) is -0.0424. The highest BCUT2D eigenvalue weighted by atomic mass is 16.5. The molecule has 118 valence electrons. The number of imidazole rings is 1. The second-order valence-electron chi connectivity index (χ2n) is 5.23. The Labute approximate surface area is 134 Å². The van der Waals surface area contributed by atoms with Crippen molar-refractivity contribution in [2.75, 3.05) is 14.2 Å². The number of hydrogen-bond acceptors (Lipinski definition) is 4. The van der Waals surface area contributed by atoms with Gasteiger partial charge in [0.1, 0.15) is 6.10 Å². The Morgan fingerprint density at radius 1 is 1.26 bits per heavy atom. The standard InChI is InChI=1S/C18H18N2O3/c1-22-16-12-15(17(21)14-6-4-3-5-7-14)8-9-18(16,23-2)20-11-10-19-13-20/h3-13,16H,1-2H3. The first-order chi connectivity index (χ1) is 11.2. The summed E-state index contributed by atoms with van der Waals surface area (Å²) in [5, 5.41) is 0. The summed E-state index contributed by atoms with van der Waals surface area (Å²) in [7, 11) is 3.20. The maximum atomic E-state index is 12.6. The minimum absolute atomic E-state index is 0.0424. The molecule has 0 N–H and O–H groups in total. The van der Waals surface area contributed by atoms with Crippen LogP contribution in [0.2, 0.25) is 0 Å². The van der Waals surface area contributed by atoms with E-state index in [0.717, 1.165) is 0 Å². The quantitative estimate of drug-likeness (QED) is 0.797. The predicted octanol–water partition coefficient (Wildman–Crippen LogP) is 2.58. The molecular weight excluding hydrogens is 292 g/mol. The van der Waals surface area contributed by atoms with Crippen molar-refractivity contribution in [1.82, 2.24) is 9.55 Å². The number of aromatic nitrogens is 2. The molecule has 1 aliphatic rings. The Morgan fingerprint density at radius 2 is 2.04 bits per heavy atom. The largest absolute Gasteiger partial charge is 0.372 e. The van der Waals surface area contributed by atoms with E-state index in [0.29, 0.717) is 11.1 Å². The molecule has 2 atom stereocenters. The third-order valence-electron chi connectivity index (χ3n) is 4.03. The molecule has 0 fully saturated rings. The lowest BCUT2D eigenvalue weighted by molar-refractivity contribution is -0.119. The zero-order valence-corrected chi connectivity index (χ0v) is 13.0. The van der Waals surface area contributed by atoms with Crippen molar-refractivity contribution in [1.29, 1.82) is 0 Å². The van der Waals surface area contributed by atoms with E-state index >= 15 is 0 Å². The number of benzene rings is 1. The first-order valence-corrected chi connectivity index (χ1v) is 7.28. The first kappa shape index (κ1) is 15.4. The van der Waals surface area contributed by atoms with Gasteiger partial charge in [0.05, 0.1) is 6.33 Å². The van der Waals surface area contributed by atoms with Crippen LogP contribution in [0.5, 0.6) is 0 Å². The minimum atomic E-state index is -0.855. The number of allylic oxidation sites excluding steroid dienone is 2. The van der Waals surface area contributed by atoms with Crippen molar-refractivity contribution in [2.24, 2.45) is 0 Å². The Balaban J connectivity index is 1.96. The molecule has 2 aromatic rings. The van der Waals surface area contributed by atoms with Crippen molar-refractivity contribution in [3.63, 3.8) is 0 Å². The normalized spacial score (nSPS) is 23.6. The van der Waals surface area contributed by atoms with E-state index in [1.807, 2.05) is 28.8 Å². The molecule has 0 aliphatic heterocycles. The van der Waals surface area contributed by atoms with Crippen LogP contribution in [0, 0.1) is 0 Å². The monoisotopic (exact) mass is 310 g/mol. The fourth-order valence-corrected chi connectivity index (χ4v) is 2.77. The van der Waals surface area contributed by atoms with Crippen LogP contribution in [0.4, 0.5) is 0 Å². The molecule has 0 bridgehead atoms. The molecule has 0 spiro atoms. The molecule has 2 unspecified atom stereocenters. The van der Waals surface area contributed by atoms with E-state index in [-0.39, 0.29) is 5.78 Å². The summed E-state index contributed by atoms with van der Waals surface area (Å²) in [5.41, 5.74) is 0.368. The van der Waals surface area contributed by atoms with Crippen LogP contribution in [0.3, 0.4) is 0 Å². The third-order valence-corrected chi connectivity index (χ3v) is 4.03. The summed E-state index contributed by atoms with van der Waals surface area (Å²) in [4.78, 5) is 16.7. The molecular formula is C18H18N2O3. The lowest BCUT2D eigenvalue weighted by atomic mass is 9.91. The zero-order chi connectivity index (χ0) is 16.3. The van der Waals surface area contributed by atoms with Gasteiger partial charge >= 0.3 is 0 Å². The van der Waals surface area contributed by atoms with Gasteiger partial charge in [0.2, 0.25) is 0 Å². The van der Waals surface area contributed by atoms with E-state index in [2.05, 4.69) is 4.98 Å². The number of Topliss-reactive ketones (excluding diaryl/α,β-unsaturated/α-hetero) is 1. The van der Waals surface area contributed by atoms with Gasteiger partial charge in [0.25, 0.3) is 0 Å². The second-order valence-corrected chi connectivity index (χ2v) is 5.23. The molecule has 23 heavy (non-hydrogen) atoms. The SMILES string of the molecule is COC1C=C(C(=O)c2ccccc2)C=CC1(OC)n1ccnc1. The molecule has 1 aliphatic carbocycles. The Hall–Kier alpha value is -2.50. The van der Waals surface area contributed by atoms with Crippen LogP contribution in [0.1, 0.15) is 10.4 Å². The number of ether oxygens (including phenoxy) is 2. The van der Waals surface area contributed by atoms with Gasteiger partial charge in [-0.25, -0.2) is 4.98 Å². The fraction of sp³-hybridized carbons (Fsp3) is 0.222. The molecule has 5 heteroatoms. The molecule has 0 saturated carbocycles. The second kappa shape index (κ2) is 6.32. The lowest BCUT2D eigenvalue weighted by Crippen LogP contribution is -2.46. The Kier molecular flexibility index (Phi) is 4.23. The van der Waals surface area contributed by atoms with Crippen LogP contribution in [-0.4, -0.2) is 35.7 Å². The van der Waals surface area contributed by atoms with Crippen LogP contribution in [-0.2, 0) is 15.2 Å². The Bertz CT molecular complexity index is 735. The highest BCUT2D eigenvalue weighted by Crippen LogP contribution is 2.32. The van der Waals surface area contributed by atoms with E-state index in [4.69, 9.17) is 9.47 Å². The van der Waals surface area contributed by atoms with Gasteiger partial charge in [-0.2, -0.15) is 0 Å². The third kappa shape index (κ3) is 2.65. The van der Waals surface area contributed by atoms with Gasteiger partial charge in [-0.05, 0) is 12.2 Å². The molecule has 1 heterocycles. The van der Waals surface area contributed by atoms with Crippen molar-refractivity contribution < 1.29 is 14.3 Å². The van der Waals surface area contributed by atoms with Crippen molar-refractivity contribution in [3.05, 3.63) is 78.4 Å². The molecule has 5 nitrogen and oxygen atoms in total. The minimum Gasteiger partial charge on any atom is -0.372 e. The molecule has 0 radical (unpaired) electrons. The van der Waals surface area contributed by atoms with E-state index in [1.165, 1.54) is 0 Å². The average Bonchev–Trinajstić information content (AvgIpc) is 3.16. The smallest absolute Gasteiger partial charge is 0.195 e. The molecule has 0 saturated heterocycles. The average molecular weight is 310 g/mol. The number of carbonyl (C=O) groups is 1. The number of rotatable bonds is 5. The van der Waals surface area contributed by atoms with Crippen LogP contribution in [0.15, 0.2) is 72.9 Å². The topological polar surface area (TPSA) is 53.4 Å².